The van der Waals surface area contributed by atoms with Crippen molar-refractivity contribution in [3.8, 4) is 11.5 Å². The van der Waals surface area contributed by atoms with Crippen LogP contribution in [0.2, 0.25) is 0 Å². The predicted molar refractivity (Wildman–Crippen MR) is 144 cm³/mol. The number of ether oxygens (including phenoxy) is 2. The predicted octanol–water partition coefficient (Wildman–Crippen LogP) is 5.95. The van der Waals surface area contributed by atoms with Crippen LogP contribution in [-0.4, -0.2) is 35.5 Å². The fourth-order valence-electron chi connectivity index (χ4n) is 4.62. The van der Waals surface area contributed by atoms with Gasteiger partial charge in [-0.2, -0.15) is 0 Å². The summed E-state index contributed by atoms with van der Waals surface area (Å²) in [7, 11) is 1.57. The number of methoxy groups -OCH3 is 1. The van der Waals surface area contributed by atoms with E-state index in [1.807, 2.05) is 32.9 Å². The Labute approximate surface area is 218 Å². The number of benzene rings is 3. The van der Waals surface area contributed by atoms with Crippen LogP contribution in [-0.2, 0) is 9.59 Å². The van der Waals surface area contributed by atoms with Crippen LogP contribution >= 0.6 is 11.3 Å². The summed E-state index contributed by atoms with van der Waals surface area (Å²) in [5.74, 6) is -0.469. The van der Waals surface area contributed by atoms with Crippen LogP contribution in [0, 0.1) is 13.8 Å². The highest BCUT2D eigenvalue weighted by atomic mass is 32.1. The molecule has 1 fully saturated rings. The van der Waals surface area contributed by atoms with Crippen molar-refractivity contribution in [1.29, 1.82) is 0 Å². The highest BCUT2D eigenvalue weighted by Crippen LogP contribution is 2.45. The molecule has 5 rings (SSSR count). The van der Waals surface area contributed by atoms with Gasteiger partial charge < -0.3 is 14.6 Å². The summed E-state index contributed by atoms with van der Waals surface area (Å²) in [6.45, 7) is 6.37. The summed E-state index contributed by atoms with van der Waals surface area (Å²) in [5.41, 5.74) is 3.93. The summed E-state index contributed by atoms with van der Waals surface area (Å²) < 4.78 is 11.7. The molecule has 1 atom stereocenters. The lowest BCUT2D eigenvalue weighted by molar-refractivity contribution is -0.132. The molecule has 3 aromatic carbocycles. The Morgan fingerprint density at radius 3 is 2.35 bits per heavy atom. The van der Waals surface area contributed by atoms with Gasteiger partial charge in [0.1, 0.15) is 17.3 Å². The first kappa shape index (κ1) is 24.5. The number of hydrogen-bond donors (Lipinski definition) is 1. The van der Waals surface area contributed by atoms with Crippen molar-refractivity contribution in [2.45, 2.75) is 26.8 Å². The van der Waals surface area contributed by atoms with Gasteiger partial charge in [0.15, 0.2) is 5.13 Å². The number of anilines is 1. The molecule has 1 aliphatic rings. The molecule has 1 N–H and O–H groups in total. The number of aromatic nitrogens is 1. The lowest BCUT2D eigenvalue weighted by atomic mass is 9.95. The number of thiazole rings is 1. The first-order valence-electron chi connectivity index (χ1n) is 11.9. The number of aryl methyl sites for hydroxylation is 2. The largest absolute Gasteiger partial charge is 0.507 e. The van der Waals surface area contributed by atoms with Crippen LogP contribution in [0.4, 0.5) is 5.13 Å². The van der Waals surface area contributed by atoms with E-state index in [4.69, 9.17) is 14.5 Å². The molecule has 1 amide bonds. The molecule has 0 aliphatic carbocycles. The molecule has 4 aromatic rings. The minimum Gasteiger partial charge on any atom is -0.507 e. The number of amides is 1. The van der Waals surface area contributed by atoms with E-state index in [1.54, 1.807) is 55.6 Å². The number of nitrogens with zero attached hydrogens (tertiary/aromatic N) is 2. The number of Topliss-reactive ketones (excluding diaryl/α,β-unsaturated/α-hetero) is 1. The van der Waals surface area contributed by atoms with Crippen LogP contribution in [0.25, 0.3) is 16.0 Å². The Bertz CT molecular complexity index is 1540. The summed E-state index contributed by atoms with van der Waals surface area (Å²) in [4.78, 5) is 33.1. The second-order valence-electron chi connectivity index (χ2n) is 8.82. The van der Waals surface area contributed by atoms with Gasteiger partial charge in [0.2, 0.25) is 0 Å². The van der Waals surface area contributed by atoms with Crippen molar-refractivity contribution < 1.29 is 24.2 Å². The van der Waals surface area contributed by atoms with Gasteiger partial charge in [-0.15, -0.1) is 0 Å². The van der Waals surface area contributed by atoms with Crippen molar-refractivity contribution in [3.63, 3.8) is 0 Å². The summed E-state index contributed by atoms with van der Waals surface area (Å²) in [6.07, 6.45) is 0. The van der Waals surface area contributed by atoms with E-state index in [-0.39, 0.29) is 11.3 Å². The molecular weight excluding hydrogens is 488 g/mol. The fraction of sp³-hybridized carbons (Fsp3) is 0.207. The highest BCUT2D eigenvalue weighted by Gasteiger charge is 2.48. The number of carbonyl (C=O) groups excluding carboxylic acids is 2. The quantitative estimate of drug-likeness (QED) is 0.194. The normalized spacial score (nSPS) is 17.0. The number of aliphatic hydroxyl groups is 1. The third-order valence-electron chi connectivity index (χ3n) is 6.34. The molecule has 0 saturated carbocycles. The van der Waals surface area contributed by atoms with E-state index in [0.717, 1.165) is 21.3 Å². The van der Waals surface area contributed by atoms with Crippen molar-refractivity contribution in [1.82, 2.24) is 4.98 Å². The Hall–Kier alpha value is -4.17. The van der Waals surface area contributed by atoms with E-state index >= 15 is 0 Å². The minimum absolute atomic E-state index is 0.00600. The van der Waals surface area contributed by atoms with Gasteiger partial charge in [-0.05, 0) is 79.9 Å². The molecule has 188 valence electrons. The minimum atomic E-state index is -0.862. The molecule has 0 radical (unpaired) electrons. The maximum atomic E-state index is 13.5. The van der Waals surface area contributed by atoms with E-state index < -0.39 is 17.7 Å². The van der Waals surface area contributed by atoms with Crippen molar-refractivity contribution in [3.05, 3.63) is 88.5 Å². The van der Waals surface area contributed by atoms with E-state index in [0.29, 0.717) is 34.4 Å². The molecule has 1 saturated heterocycles. The van der Waals surface area contributed by atoms with Crippen molar-refractivity contribution in [2.24, 2.45) is 0 Å². The number of hydrogen-bond acceptors (Lipinski definition) is 7. The average Bonchev–Trinajstić information content (AvgIpc) is 3.43. The topological polar surface area (TPSA) is 89.0 Å². The van der Waals surface area contributed by atoms with Crippen molar-refractivity contribution >= 4 is 44.1 Å². The van der Waals surface area contributed by atoms with Gasteiger partial charge in [0.25, 0.3) is 5.78 Å². The number of carbonyl (C=O) groups is 2. The Morgan fingerprint density at radius 2 is 1.70 bits per heavy atom. The molecule has 2 heterocycles. The van der Waals surface area contributed by atoms with Gasteiger partial charge in [-0.1, -0.05) is 29.5 Å². The van der Waals surface area contributed by atoms with Gasteiger partial charge in [0, 0.05) is 5.56 Å². The van der Waals surface area contributed by atoms with Crippen LogP contribution in [0.5, 0.6) is 11.5 Å². The zero-order valence-corrected chi connectivity index (χ0v) is 21.8. The van der Waals surface area contributed by atoms with E-state index in [9.17, 15) is 14.7 Å². The molecule has 37 heavy (non-hydrogen) atoms. The number of ketones is 1. The molecule has 0 spiro atoms. The molecule has 0 bridgehead atoms. The Kier molecular flexibility index (Phi) is 6.43. The standard InChI is InChI=1S/C29H26N2O5S/c1-5-36-21-12-8-19(9-13-21)26(32)23-25(18-6-10-20(35-4)11-7-18)31(28(34)27(23)33)29-30-24-17(3)14-16(2)15-22(24)37-29/h6-15,25,32H,5H2,1-4H3/b26-23+. The van der Waals surface area contributed by atoms with Gasteiger partial charge in [-0.3, -0.25) is 14.5 Å². The smallest absolute Gasteiger partial charge is 0.301 e. The Balaban J connectivity index is 1.69. The van der Waals surface area contributed by atoms with Crippen molar-refractivity contribution in [2.75, 3.05) is 18.6 Å². The maximum absolute atomic E-state index is 13.5. The van der Waals surface area contributed by atoms with Gasteiger partial charge in [0.05, 0.1) is 35.5 Å². The zero-order chi connectivity index (χ0) is 26.3. The molecule has 8 heteroatoms. The van der Waals surface area contributed by atoms with Crippen LogP contribution in [0.1, 0.15) is 35.2 Å². The van der Waals surface area contributed by atoms with Gasteiger partial charge >= 0.3 is 5.91 Å². The second kappa shape index (κ2) is 9.71. The summed E-state index contributed by atoms with van der Waals surface area (Å²) >= 11 is 1.35. The molecule has 1 aromatic heterocycles. The second-order valence-corrected chi connectivity index (χ2v) is 9.83. The van der Waals surface area contributed by atoms with Crippen LogP contribution in [0.3, 0.4) is 0 Å². The van der Waals surface area contributed by atoms with Crippen LogP contribution in [0.15, 0.2) is 66.2 Å². The lowest BCUT2D eigenvalue weighted by Crippen LogP contribution is -2.29. The molecule has 7 nitrogen and oxygen atoms in total. The third-order valence-corrected chi connectivity index (χ3v) is 7.34. The third kappa shape index (κ3) is 4.34. The molecule has 1 unspecified atom stereocenters. The number of aliphatic hydroxyl groups excluding tert-OH is 1. The van der Waals surface area contributed by atoms with E-state index in [1.165, 1.54) is 16.2 Å². The Morgan fingerprint density at radius 1 is 1.03 bits per heavy atom. The summed E-state index contributed by atoms with van der Waals surface area (Å²) in [5, 5.41) is 11.7. The first-order chi connectivity index (χ1) is 17.8. The number of rotatable bonds is 6. The zero-order valence-electron chi connectivity index (χ0n) is 20.9. The lowest BCUT2D eigenvalue weighted by Gasteiger charge is -2.23. The summed E-state index contributed by atoms with van der Waals surface area (Å²) in [6, 6.07) is 17.1. The average molecular weight is 515 g/mol. The maximum Gasteiger partial charge on any atom is 0.301 e. The SMILES string of the molecule is CCOc1ccc(/C(O)=C2\C(=O)C(=O)N(c3nc4c(C)cc(C)cc4s3)C2c2ccc(OC)cc2)cc1. The van der Waals surface area contributed by atoms with E-state index in [2.05, 4.69) is 0 Å². The van der Waals surface area contributed by atoms with Crippen LogP contribution < -0.4 is 14.4 Å². The molecular formula is C29H26N2O5S. The molecule has 1 aliphatic heterocycles. The highest BCUT2D eigenvalue weighted by molar-refractivity contribution is 7.22. The fourth-order valence-corrected chi connectivity index (χ4v) is 5.79. The first-order valence-corrected chi connectivity index (χ1v) is 12.7. The van der Waals surface area contributed by atoms with Gasteiger partial charge in [-0.25, -0.2) is 4.98 Å². The monoisotopic (exact) mass is 514 g/mol. The number of fused-ring (bicyclic) bond motifs is 1.